The molecule has 1 N–H and O–H groups in total. The normalized spacial score (nSPS) is 10.6. The first kappa shape index (κ1) is 10.7. The van der Waals surface area contributed by atoms with Gasteiger partial charge in [-0.2, -0.15) is 0 Å². The first-order chi connectivity index (χ1) is 7.79. The van der Waals surface area contributed by atoms with E-state index in [2.05, 4.69) is 17.2 Å². The molecule has 0 spiro atoms. The lowest BCUT2D eigenvalue weighted by atomic mass is 10.2. The van der Waals surface area contributed by atoms with Gasteiger partial charge in [0.25, 0.3) is 0 Å². The molecule has 0 fully saturated rings. The molecule has 0 aliphatic heterocycles. The Bertz CT molecular complexity index is 490. The number of rotatable bonds is 4. The Morgan fingerprint density at radius 3 is 3.19 bits per heavy atom. The van der Waals surface area contributed by atoms with Crippen LogP contribution < -0.4 is 5.32 Å². The van der Waals surface area contributed by atoms with Crippen molar-refractivity contribution in [1.29, 1.82) is 0 Å². The van der Waals surface area contributed by atoms with Gasteiger partial charge in [-0.25, -0.2) is 4.98 Å². The maximum Gasteiger partial charge on any atom is 0.224 e. The van der Waals surface area contributed by atoms with Crippen LogP contribution in [0.4, 0.5) is 5.69 Å². The van der Waals surface area contributed by atoms with Gasteiger partial charge in [0.1, 0.15) is 5.65 Å². The van der Waals surface area contributed by atoms with E-state index in [4.69, 9.17) is 0 Å². The van der Waals surface area contributed by atoms with Gasteiger partial charge in [-0.05, 0) is 18.6 Å². The maximum absolute atomic E-state index is 11.5. The number of fused-ring (bicyclic) bond motifs is 1. The minimum atomic E-state index is 0.0707. The van der Waals surface area contributed by atoms with Crippen molar-refractivity contribution in [3.05, 3.63) is 30.7 Å². The van der Waals surface area contributed by atoms with E-state index in [9.17, 15) is 4.79 Å². The van der Waals surface area contributed by atoms with E-state index in [0.29, 0.717) is 6.42 Å². The Hall–Kier alpha value is -1.84. The van der Waals surface area contributed by atoms with Crippen LogP contribution in [0.25, 0.3) is 5.65 Å². The zero-order chi connectivity index (χ0) is 11.4. The standard InChI is InChI=1S/C12H15N3O/c1-2-3-4-12(16)14-10-5-6-11-13-7-8-15(11)9-10/h5-9H,2-4H2,1H3,(H,14,16). The average Bonchev–Trinajstić information content (AvgIpc) is 2.73. The van der Waals surface area contributed by atoms with Crippen LogP contribution in [-0.2, 0) is 4.79 Å². The summed E-state index contributed by atoms with van der Waals surface area (Å²) in [6, 6.07) is 3.75. The average molecular weight is 217 g/mol. The molecule has 0 saturated heterocycles. The molecule has 0 aliphatic rings. The van der Waals surface area contributed by atoms with Crippen LogP contribution in [0, 0.1) is 0 Å². The minimum absolute atomic E-state index is 0.0707. The quantitative estimate of drug-likeness (QED) is 0.855. The number of imidazole rings is 1. The van der Waals surface area contributed by atoms with Crippen LogP contribution in [0.3, 0.4) is 0 Å². The summed E-state index contributed by atoms with van der Waals surface area (Å²) >= 11 is 0. The van der Waals surface area contributed by atoms with Crippen molar-refractivity contribution in [3.8, 4) is 0 Å². The zero-order valence-corrected chi connectivity index (χ0v) is 9.31. The van der Waals surface area contributed by atoms with Crippen LogP contribution in [-0.4, -0.2) is 15.3 Å². The molecule has 2 rings (SSSR count). The van der Waals surface area contributed by atoms with Gasteiger partial charge in [-0.15, -0.1) is 0 Å². The van der Waals surface area contributed by atoms with Crippen LogP contribution in [0.1, 0.15) is 26.2 Å². The summed E-state index contributed by atoms with van der Waals surface area (Å²) in [5, 5.41) is 2.87. The Balaban J connectivity index is 2.06. The van der Waals surface area contributed by atoms with E-state index in [1.165, 1.54) is 0 Å². The van der Waals surface area contributed by atoms with Crippen LogP contribution >= 0.6 is 0 Å². The lowest BCUT2D eigenvalue weighted by Crippen LogP contribution is -2.11. The number of carbonyl (C=O) groups excluding carboxylic acids is 1. The van der Waals surface area contributed by atoms with Crippen molar-refractivity contribution in [2.45, 2.75) is 26.2 Å². The monoisotopic (exact) mass is 217 g/mol. The van der Waals surface area contributed by atoms with Gasteiger partial charge in [0.2, 0.25) is 5.91 Å². The SMILES string of the molecule is CCCCC(=O)Nc1ccc2nccn2c1. The lowest BCUT2D eigenvalue weighted by Gasteiger charge is -2.05. The molecule has 0 atom stereocenters. The van der Waals surface area contributed by atoms with Gasteiger partial charge in [0.05, 0.1) is 5.69 Å². The molecule has 2 aromatic heterocycles. The summed E-state index contributed by atoms with van der Waals surface area (Å²) in [6.07, 6.45) is 8.01. The van der Waals surface area contributed by atoms with Crippen molar-refractivity contribution in [2.24, 2.45) is 0 Å². The fourth-order valence-electron chi connectivity index (χ4n) is 1.55. The van der Waals surface area contributed by atoms with Crippen molar-refractivity contribution in [3.63, 3.8) is 0 Å². The van der Waals surface area contributed by atoms with Crippen LogP contribution in [0.5, 0.6) is 0 Å². The molecule has 0 bridgehead atoms. The number of hydrogen-bond donors (Lipinski definition) is 1. The fourth-order valence-corrected chi connectivity index (χ4v) is 1.55. The molecule has 2 aromatic rings. The summed E-state index contributed by atoms with van der Waals surface area (Å²) in [5.74, 6) is 0.0707. The third kappa shape index (κ3) is 2.39. The number of aromatic nitrogens is 2. The molecule has 16 heavy (non-hydrogen) atoms. The summed E-state index contributed by atoms with van der Waals surface area (Å²) in [6.45, 7) is 2.07. The van der Waals surface area contributed by atoms with E-state index in [0.717, 1.165) is 24.2 Å². The fraction of sp³-hybridized carbons (Fsp3) is 0.333. The summed E-state index contributed by atoms with van der Waals surface area (Å²) < 4.78 is 1.88. The molecule has 0 unspecified atom stereocenters. The largest absolute Gasteiger partial charge is 0.325 e. The highest BCUT2D eigenvalue weighted by Crippen LogP contribution is 2.10. The zero-order valence-electron chi connectivity index (χ0n) is 9.31. The second-order valence-electron chi connectivity index (χ2n) is 3.76. The van der Waals surface area contributed by atoms with E-state index in [1.54, 1.807) is 6.20 Å². The smallest absolute Gasteiger partial charge is 0.224 e. The maximum atomic E-state index is 11.5. The van der Waals surface area contributed by atoms with E-state index >= 15 is 0 Å². The third-order valence-electron chi connectivity index (χ3n) is 2.43. The third-order valence-corrected chi connectivity index (χ3v) is 2.43. The van der Waals surface area contributed by atoms with Gasteiger partial charge in [0.15, 0.2) is 0 Å². The van der Waals surface area contributed by atoms with Crippen molar-refractivity contribution in [1.82, 2.24) is 9.38 Å². The summed E-state index contributed by atoms with van der Waals surface area (Å²) in [4.78, 5) is 15.6. The molecule has 1 amide bonds. The molecule has 0 aliphatic carbocycles. The molecule has 4 heteroatoms. The minimum Gasteiger partial charge on any atom is -0.325 e. The molecule has 4 nitrogen and oxygen atoms in total. The second kappa shape index (κ2) is 4.79. The molecule has 2 heterocycles. The number of carbonyl (C=O) groups is 1. The molecular weight excluding hydrogens is 202 g/mol. The van der Waals surface area contributed by atoms with E-state index in [-0.39, 0.29) is 5.91 Å². The highest BCUT2D eigenvalue weighted by atomic mass is 16.1. The van der Waals surface area contributed by atoms with Crippen molar-refractivity contribution in [2.75, 3.05) is 5.32 Å². The first-order valence-corrected chi connectivity index (χ1v) is 5.52. The predicted molar refractivity (Wildman–Crippen MR) is 63.3 cm³/mol. The number of hydrogen-bond acceptors (Lipinski definition) is 2. The Morgan fingerprint density at radius 1 is 1.50 bits per heavy atom. The van der Waals surface area contributed by atoms with Gasteiger partial charge in [-0.3, -0.25) is 4.79 Å². The van der Waals surface area contributed by atoms with E-state index in [1.807, 2.05) is 28.9 Å². The molecular formula is C12H15N3O. The van der Waals surface area contributed by atoms with Gasteiger partial charge in [-0.1, -0.05) is 13.3 Å². The molecule has 84 valence electrons. The van der Waals surface area contributed by atoms with Crippen LogP contribution in [0.2, 0.25) is 0 Å². The molecule has 0 saturated carbocycles. The number of pyridine rings is 1. The second-order valence-corrected chi connectivity index (χ2v) is 3.76. The Labute approximate surface area is 94.3 Å². The van der Waals surface area contributed by atoms with Gasteiger partial charge >= 0.3 is 0 Å². The van der Waals surface area contributed by atoms with Crippen molar-refractivity contribution >= 4 is 17.2 Å². The number of nitrogens with one attached hydrogen (secondary N) is 1. The van der Waals surface area contributed by atoms with Gasteiger partial charge in [0, 0.05) is 25.0 Å². The summed E-state index contributed by atoms with van der Waals surface area (Å²) in [5.41, 5.74) is 1.69. The van der Waals surface area contributed by atoms with Crippen LogP contribution in [0.15, 0.2) is 30.7 Å². The number of amides is 1. The topological polar surface area (TPSA) is 46.4 Å². The Kier molecular flexibility index (Phi) is 3.19. The molecule has 0 aromatic carbocycles. The number of unbranched alkanes of at least 4 members (excludes halogenated alkanes) is 1. The highest BCUT2D eigenvalue weighted by Gasteiger charge is 2.02. The lowest BCUT2D eigenvalue weighted by molar-refractivity contribution is -0.116. The van der Waals surface area contributed by atoms with Crippen molar-refractivity contribution < 1.29 is 4.79 Å². The first-order valence-electron chi connectivity index (χ1n) is 5.52. The van der Waals surface area contributed by atoms with Gasteiger partial charge < -0.3 is 9.72 Å². The Morgan fingerprint density at radius 2 is 2.38 bits per heavy atom. The predicted octanol–water partition coefficient (Wildman–Crippen LogP) is 2.46. The number of nitrogens with zero attached hydrogens (tertiary/aromatic N) is 2. The highest BCUT2D eigenvalue weighted by molar-refractivity contribution is 5.90. The van der Waals surface area contributed by atoms with E-state index < -0.39 is 0 Å². The summed E-state index contributed by atoms with van der Waals surface area (Å²) in [7, 11) is 0. The number of anilines is 1. The molecule has 0 radical (unpaired) electrons.